The van der Waals surface area contributed by atoms with Crippen LogP contribution in [0, 0.1) is 0 Å². The Balaban J connectivity index is 0. The first-order valence-corrected chi connectivity index (χ1v) is 5.52. The Morgan fingerprint density at radius 2 is 1.77 bits per heavy atom. The van der Waals surface area contributed by atoms with Gasteiger partial charge in [-0.2, -0.15) is 8.42 Å². The number of nitrogens with one attached hydrogen (secondary N) is 2. The van der Waals surface area contributed by atoms with Crippen molar-refractivity contribution in [3.05, 3.63) is 0 Å². The molecular formula is C6H15KN2O3S. The van der Waals surface area contributed by atoms with Gasteiger partial charge in [0, 0.05) is 6.04 Å². The van der Waals surface area contributed by atoms with E-state index in [0.29, 0.717) is 0 Å². The van der Waals surface area contributed by atoms with Gasteiger partial charge in [-0.25, -0.2) is 5.43 Å². The van der Waals surface area contributed by atoms with Gasteiger partial charge >= 0.3 is 61.7 Å². The topological polar surface area (TPSA) is 78.4 Å². The van der Waals surface area contributed by atoms with Gasteiger partial charge in [0.2, 0.25) is 0 Å². The van der Waals surface area contributed by atoms with Crippen LogP contribution in [0.5, 0.6) is 0 Å². The van der Waals surface area contributed by atoms with Crippen molar-refractivity contribution in [1.82, 2.24) is 10.3 Å². The standard InChI is InChI=1S/C6H14N2O3S.K.H/c9-12(10,11)8-7-6-4-2-1-3-5-6;;/h6-8H,1-5H2,(H,9,10,11);;/q;+1;-1. The Kier molecular flexibility index (Phi) is 7.63. The third-order valence-electron chi connectivity index (χ3n) is 2.00. The summed E-state index contributed by atoms with van der Waals surface area (Å²) in [5.41, 5.74) is 2.57. The SMILES string of the molecule is O=S(=O)(O)NNC1CCCCC1.[H-].[K+]. The zero-order chi connectivity index (χ0) is 9.03. The van der Waals surface area contributed by atoms with Crippen LogP contribution in [0.1, 0.15) is 33.5 Å². The smallest absolute Gasteiger partial charge is 1.00 e. The van der Waals surface area contributed by atoms with Gasteiger partial charge in [0.15, 0.2) is 0 Å². The largest absolute Gasteiger partial charge is 1.00 e. The van der Waals surface area contributed by atoms with E-state index in [1.165, 1.54) is 6.42 Å². The number of hydrogen-bond donors (Lipinski definition) is 3. The van der Waals surface area contributed by atoms with E-state index in [4.69, 9.17) is 4.55 Å². The molecule has 0 spiro atoms. The van der Waals surface area contributed by atoms with Crippen molar-refractivity contribution in [2.45, 2.75) is 38.1 Å². The minimum absolute atomic E-state index is 0. The quantitative estimate of drug-likeness (QED) is 0.283. The maximum absolute atomic E-state index is 10.3. The van der Waals surface area contributed by atoms with Crippen LogP contribution in [0.25, 0.3) is 0 Å². The summed E-state index contributed by atoms with van der Waals surface area (Å²) in [6, 6.07) is 0.167. The van der Waals surface area contributed by atoms with E-state index in [9.17, 15) is 8.42 Å². The maximum Gasteiger partial charge on any atom is 1.00 e. The molecule has 1 aliphatic rings. The normalized spacial score (nSPS) is 19.5. The molecule has 1 saturated carbocycles. The molecule has 0 bridgehead atoms. The Hall–Kier alpha value is 1.47. The Morgan fingerprint density at radius 1 is 1.23 bits per heavy atom. The molecule has 1 aliphatic carbocycles. The molecule has 13 heavy (non-hydrogen) atoms. The van der Waals surface area contributed by atoms with Gasteiger partial charge in [0.05, 0.1) is 0 Å². The molecule has 0 aromatic carbocycles. The average molecular weight is 234 g/mol. The van der Waals surface area contributed by atoms with Crippen molar-refractivity contribution < 1.29 is 65.8 Å². The monoisotopic (exact) mass is 234 g/mol. The van der Waals surface area contributed by atoms with Crippen LogP contribution in [-0.2, 0) is 10.3 Å². The van der Waals surface area contributed by atoms with Crippen molar-refractivity contribution in [3.63, 3.8) is 0 Å². The van der Waals surface area contributed by atoms with Gasteiger partial charge in [-0.1, -0.05) is 19.3 Å². The third kappa shape index (κ3) is 7.40. The van der Waals surface area contributed by atoms with E-state index in [1.807, 2.05) is 4.83 Å². The van der Waals surface area contributed by atoms with Crippen LogP contribution in [0.2, 0.25) is 0 Å². The average Bonchev–Trinajstić information content (AvgIpc) is 2.02. The Bertz CT molecular complexity index is 231. The van der Waals surface area contributed by atoms with Crippen molar-refractivity contribution in [3.8, 4) is 0 Å². The number of hydrazine groups is 1. The molecule has 0 amide bonds. The fourth-order valence-electron chi connectivity index (χ4n) is 1.40. The summed E-state index contributed by atoms with van der Waals surface area (Å²) in [6.45, 7) is 0. The molecular weight excluding hydrogens is 219 g/mol. The molecule has 1 fully saturated rings. The summed E-state index contributed by atoms with van der Waals surface area (Å²) in [5, 5.41) is 0. The van der Waals surface area contributed by atoms with Gasteiger partial charge in [0.25, 0.3) is 0 Å². The van der Waals surface area contributed by atoms with Crippen molar-refractivity contribution in [2.75, 3.05) is 0 Å². The minimum atomic E-state index is -4.08. The van der Waals surface area contributed by atoms with Crippen LogP contribution in [0.4, 0.5) is 0 Å². The van der Waals surface area contributed by atoms with Crippen LogP contribution in [0.15, 0.2) is 0 Å². The first-order valence-electron chi connectivity index (χ1n) is 4.08. The molecule has 7 heteroatoms. The van der Waals surface area contributed by atoms with Crippen LogP contribution < -0.4 is 61.6 Å². The molecule has 0 heterocycles. The summed E-state index contributed by atoms with van der Waals surface area (Å²) >= 11 is 0. The molecule has 0 aromatic rings. The van der Waals surface area contributed by atoms with Crippen LogP contribution in [-0.4, -0.2) is 19.0 Å². The molecule has 0 radical (unpaired) electrons. The second-order valence-corrected chi connectivity index (χ2v) is 4.21. The fraction of sp³-hybridized carbons (Fsp3) is 1.00. The molecule has 1 rings (SSSR count). The second-order valence-electron chi connectivity index (χ2n) is 3.06. The molecule has 0 atom stereocenters. The fourth-order valence-corrected chi connectivity index (χ4v) is 1.72. The van der Waals surface area contributed by atoms with E-state index in [0.717, 1.165) is 25.7 Å². The van der Waals surface area contributed by atoms with Gasteiger partial charge in [-0.3, -0.25) is 4.55 Å². The van der Waals surface area contributed by atoms with E-state index in [-0.39, 0.29) is 58.9 Å². The molecule has 5 nitrogen and oxygen atoms in total. The van der Waals surface area contributed by atoms with Gasteiger partial charge in [-0.05, 0) is 12.8 Å². The summed E-state index contributed by atoms with van der Waals surface area (Å²) < 4.78 is 28.9. The van der Waals surface area contributed by atoms with Crippen LogP contribution in [0.3, 0.4) is 0 Å². The van der Waals surface area contributed by atoms with Gasteiger partial charge < -0.3 is 1.43 Å². The van der Waals surface area contributed by atoms with E-state index < -0.39 is 10.3 Å². The minimum Gasteiger partial charge on any atom is -1.00 e. The summed E-state index contributed by atoms with van der Waals surface area (Å²) in [7, 11) is -4.08. The molecule has 0 aliphatic heterocycles. The summed E-state index contributed by atoms with van der Waals surface area (Å²) in [4.78, 5) is 1.87. The van der Waals surface area contributed by atoms with Gasteiger partial charge in [0.1, 0.15) is 0 Å². The third-order valence-corrected chi connectivity index (χ3v) is 2.37. The van der Waals surface area contributed by atoms with Crippen LogP contribution >= 0.6 is 0 Å². The first kappa shape index (κ1) is 14.5. The second kappa shape index (κ2) is 6.86. The first-order chi connectivity index (χ1) is 5.58. The van der Waals surface area contributed by atoms with Crippen molar-refractivity contribution in [1.29, 1.82) is 0 Å². The van der Waals surface area contributed by atoms with Gasteiger partial charge in [-0.15, -0.1) is 4.83 Å². The Morgan fingerprint density at radius 3 is 2.23 bits per heavy atom. The summed E-state index contributed by atoms with van der Waals surface area (Å²) in [5.74, 6) is 0. The predicted octanol–water partition coefficient (Wildman–Crippen LogP) is -2.67. The Labute approximate surface area is 123 Å². The molecule has 74 valence electrons. The maximum atomic E-state index is 10.3. The molecule has 0 unspecified atom stereocenters. The zero-order valence-electron chi connectivity index (χ0n) is 8.78. The van der Waals surface area contributed by atoms with Crippen molar-refractivity contribution >= 4 is 10.3 Å². The molecule has 0 aromatic heterocycles. The number of rotatable bonds is 3. The van der Waals surface area contributed by atoms with Crippen molar-refractivity contribution in [2.24, 2.45) is 0 Å². The number of hydrogen-bond acceptors (Lipinski definition) is 3. The molecule has 3 N–H and O–H groups in total. The predicted molar refractivity (Wildman–Crippen MR) is 45.8 cm³/mol. The molecule has 0 saturated heterocycles. The van der Waals surface area contributed by atoms with E-state index >= 15 is 0 Å². The summed E-state index contributed by atoms with van der Waals surface area (Å²) in [6.07, 6.45) is 5.37. The zero-order valence-corrected chi connectivity index (χ0v) is 11.7. The van der Waals surface area contributed by atoms with E-state index in [1.54, 1.807) is 0 Å². The van der Waals surface area contributed by atoms with E-state index in [2.05, 4.69) is 5.43 Å².